The molecule has 24 heteroatoms. The van der Waals surface area contributed by atoms with Crippen molar-refractivity contribution in [2.24, 2.45) is 5.92 Å². The first kappa shape index (κ1) is 77.3. The number of carbonyl (C=O) groups is 3. The largest absolute Gasteiger partial charge is 0.496 e. The first-order valence-electron chi connectivity index (χ1n) is 36.4. The summed E-state index contributed by atoms with van der Waals surface area (Å²) in [5.74, 6) is 1.05. The Balaban J connectivity index is 0.000000171. The molecule has 7 aromatic heterocycles. The first-order valence-corrected chi connectivity index (χ1v) is 38.0. The van der Waals surface area contributed by atoms with E-state index in [0.29, 0.717) is 69.5 Å². The van der Waals surface area contributed by atoms with Crippen LogP contribution in [0.1, 0.15) is 185 Å². The lowest BCUT2D eigenvalue weighted by atomic mass is 9.91. The number of ether oxygens (including phenoxy) is 1. The highest BCUT2D eigenvalue weighted by Crippen LogP contribution is 2.38. The summed E-state index contributed by atoms with van der Waals surface area (Å²) in [6.45, 7) is 30.8. The summed E-state index contributed by atoms with van der Waals surface area (Å²) >= 11 is 0. The van der Waals surface area contributed by atoms with E-state index in [1.807, 2.05) is 102 Å². The van der Waals surface area contributed by atoms with Crippen molar-refractivity contribution in [1.82, 2.24) is 59.2 Å². The number of nitriles is 1. The number of benzene rings is 3. The minimum Gasteiger partial charge on any atom is -0.496 e. The molecule has 23 nitrogen and oxygen atoms in total. The zero-order valence-corrected chi connectivity index (χ0v) is 63.8. The molecule has 554 valence electrons. The van der Waals surface area contributed by atoms with Gasteiger partial charge in [0.15, 0.2) is 0 Å². The Hall–Kier alpha value is -10.4. The van der Waals surface area contributed by atoms with E-state index in [1.165, 1.54) is 7.11 Å². The highest BCUT2D eigenvalue weighted by Gasteiger charge is 2.33. The van der Waals surface area contributed by atoms with Gasteiger partial charge in [0.05, 0.1) is 53.2 Å². The van der Waals surface area contributed by atoms with Crippen LogP contribution in [0.4, 0.5) is 5.82 Å². The third-order valence-corrected chi connectivity index (χ3v) is 22.8. The summed E-state index contributed by atoms with van der Waals surface area (Å²) in [5, 5.41) is 24.2. The fourth-order valence-corrected chi connectivity index (χ4v) is 16.0. The lowest BCUT2D eigenvalue weighted by Gasteiger charge is -2.35. The van der Waals surface area contributed by atoms with Crippen molar-refractivity contribution in [2.75, 3.05) is 57.0 Å². The van der Waals surface area contributed by atoms with Crippen molar-refractivity contribution in [3.63, 3.8) is 0 Å². The van der Waals surface area contributed by atoms with Crippen LogP contribution in [0.5, 0.6) is 5.75 Å². The molecule has 2 fully saturated rings. The number of pyridine rings is 4. The number of hydrogen-bond donors (Lipinski definition) is 7. The van der Waals surface area contributed by atoms with Gasteiger partial charge in [-0.2, -0.15) is 5.26 Å². The van der Waals surface area contributed by atoms with E-state index < -0.39 is 10.0 Å². The summed E-state index contributed by atoms with van der Waals surface area (Å²) < 4.78 is 38.2. The summed E-state index contributed by atoms with van der Waals surface area (Å²) in [5.41, 5.74) is 13.6. The number of fused-ring (bicyclic) bond motifs is 3. The number of para-hydroxylation sites is 1. The number of hydrogen-bond acceptors (Lipinski definition) is 13. The Morgan fingerprint density at radius 2 is 1.23 bits per heavy atom. The molecule has 3 amide bonds. The van der Waals surface area contributed by atoms with Gasteiger partial charge in [0, 0.05) is 161 Å². The number of piperazine rings is 1. The Bertz CT molecular complexity index is 5210. The molecule has 3 aromatic carbocycles. The van der Waals surface area contributed by atoms with Crippen LogP contribution in [0.25, 0.3) is 43.8 Å². The Morgan fingerprint density at radius 3 is 1.80 bits per heavy atom. The number of methoxy groups -OCH3 is 1. The number of carbonyl (C=O) groups excluding carboxylic acids is 3. The predicted octanol–water partition coefficient (Wildman–Crippen LogP) is 12.2. The average Bonchev–Trinajstić information content (AvgIpc) is 1.62. The van der Waals surface area contributed by atoms with Crippen LogP contribution in [0.15, 0.2) is 118 Å². The fraction of sp³-hybridized carbons (Fsp3) is 0.407. The van der Waals surface area contributed by atoms with Crippen LogP contribution in [0.3, 0.4) is 0 Å². The van der Waals surface area contributed by atoms with Gasteiger partial charge in [0.25, 0.3) is 34.4 Å². The summed E-state index contributed by atoms with van der Waals surface area (Å²) in [6, 6.07) is 29.9. The number of nitrogens with zero attached hydrogens (tertiary/aromatic N) is 7. The van der Waals surface area contributed by atoms with Crippen LogP contribution < -0.4 is 47.6 Å². The second kappa shape index (κ2) is 33.6. The van der Waals surface area contributed by atoms with E-state index in [9.17, 15) is 42.4 Å². The molecular formula is C81H100N14O9S. The predicted molar refractivity (Wildman–Crippen MR) is 416 cm³/mol. The number of nitrogens with one attached hydrogen (secondary N) is 7. The molecule has 0 saturated carbocycles. The van der Waals surface area contributed by atoms with Crippen molar-refractivity contribution < 1.29 is 27.5 Å². The van der Waals surface area contributed by atoms with Crippen molar-refractivity contribution in [2.45, 2.75) is 160 Å². The molecular weight excluding hydrogens is 1350 g/mol. The van der Waals surface area contributed by atoms with E-state index in [4.69, 9.17) is 9.72 Å². The van der Waals surface area contributed by atoms with Crippen molar-refractivity contribution in [1.29, 1.82) is 5.26 Å². The van der Waals surface area contributed by atoms with Gasteiger partial charge in [-0.05, 0) is 196 Å². The van der Waals surface area contributed by atoms with Crippen LogP contribution in [0, 0.1) is 65.7 Å². The monoisotopic (exact) mass is 1440 g/mol. The number of amides is 3. The van der Waals surface area contributed by atoms with Crippen molar-refractivity contribution in [3.8, 4) is 22.9 Å². The summed E-state index contributed by atoms with van der Waals surface area (Å²) in [7, 11) is -1.68. The second-order valence-electron chi connectivity index (χ2n) is 27.8. The number of rotatable bonds is 21. The van der Waals surface area contributed by atoms with Gasteiger partial charge in [0.2, 0.25) is 10.0 Å². The minimum atomic E-state index is -3.18. The van der Waals surface area contributed by atoms with E-state index in [1.54, 1.807) is 30.3 Å². The summed E-state index contributed by atoms with van der Waals surface area (Å²) in [6.07, 6.45) is 10.5. The van der Waals surface area contributed by atoms with Gasteiger partial charge < -0.3 is 59.6 Å². The first-order chi connectivity index (χ1) is 50.2. The van der Waals surface area contributed by atoms with Gasteiger partial charge in [-0.15, -0.1) is 0 Å². The second-order valence-corrected chi connectivity index (χ2v) is 30.0. The van der Waals surface area contributed by atoms with E-state index in [2.05, 4.69) is 127 Å². The normalized spacial score (nSPS) is 14.1. The molecule has 2 atom stereocenters. The molecule has 2 aliphatic heterocycles. The Kier molecular flexibility index (Phi) is 24.7. The number of H-pyrrole nitrogens is 3. The van der Waals surface area contributed by atoms with Crippen molar-refractivity contribution >= 4 is 66.3 Å². The van der Waals surface area contributed by atoms with E-state index >= 15 is 0 Å². The summed E-state index contributed by atoms with van der Waals surface area (Å²) in [4.78, 5) is 92.8. The number of aromatic amines is 3. The molecule has 2 saturated heterocycles. The molecule has 0 aliphatic carbocycles. The molecule has 0 radical (unpaired) electrons. The molecule has 12 rings (SSSR count). The molecule has 0 unspecified atom stereocenters. The number of anilines is 1. The smallest absolute Gasteiger partial charge is 0.256 e. The topological polar surface area (TPSA) is 299 Å². The standard InChI is InChI=1S/C31H38N6O2.C27H36N4O5S.C23H26N4O2/c1-6-22(5)37-18-20(3)29-25(30(38)34-17-26-19(2)13-21(4)35-31(26)39)14-24(15-27(29)37)23-7-8-28(33-16-23)36-11-9-32-10-12-36;1-6-37(34,35)30-13-11-20(12-14-30)18(3)31-19(4)25(21-9-7-8-10-23(21)31)27(33)28-16-22-24(36-5)15-17(2)29-26(22)32;1-5-17(6-2)27-8-7-18-19(10-16(12-24)11-21(18)27)22(28)25-13-20-14(3)9-15(4)26-23(20)29/h7-8,13-16,18,22,32H,6,9-12,17H2,1-5H3,(H,34,38)(H,35,39);7-10,15,18,20H,6,11-14,16H2,1-5H3,(H,28,33)(H,29,32);7-11,17H,5-6,13H2,1-4H3,(H,25,28)(H,26,29)/t22-;18-;/m01./s1. The van der Waals surface area contributed by atoms with Crippen LogP contribution >= 0.6 is 0 Å². The molecule has 10 aromatic rings. The zero-order valence-electron chi connectivity index (χ0n) is 62.9. The number of sulfonamides is 1. The number of piperidine rings is 1. The third kappa shape index (κ3) is 16.9. The minimum absolute atomic E-state index is 0.0382. The molecule has 105 heavy (non-hydrogen) atoms. The lowest BCUT2D eigenvalue weighted by molar-refractivity contribution is 0.0943. The molecule has 0 spiro atoms. The number of aryl methyl sites for hydroxylation is 6. The maximum absolute atomic E-state index is 13.7. The van der Waals surface area contributed by atoms with Gasteiger partial charge in [-0.1, -0.05) is 39.0 Å². The van der Waals surface area contributed by atoms with Crippen LogP contribution in [-0.4, -0.2) is 116 Å². The van der Waals surface area contributed by atoms with Crippen LogP contribution in [-0.2, 0) is 29.7 Å². The van der Waals surface area contributed by atoms with Gasteiger partial charge in [0.1, 0.15) is 11.6 Å². The third-order valence-electron chi connectivity index (χ3n) is 20.9. The highest BCUT2D eigenvalue weighted by molar-refractivity contribution is 7.89. The van der Waals surface area contributed by atoms with Gasteiger partial charge in [-0.25, -0.2) is 17.7 Å². The SMILES string of the molecule is CCC(CC)n1ccc2c(C(=O)NCc3c(C)cc(C)[nH]c3=O)cc(C#N)cc21.CCS(=O)(=O)N1CCC([C@@H](C)n2c(C)c(C(=O)NCc3c(OC)cc(C)[nH]c3=O)c3ccccc32)CC1.CC[C@H](C)n1cc(C)c2c(C(=O)NCc3c(C)cc(C)[nH]c3=O)cc(-c3ccc(N4CCNCC4)nc3)cc21. The van der Waals surface area contributed by atoms with E-state index in [0.717, 1.165) is 142 Å². The quantitative estimate of drug-likeness (QED) is 0.0352. The van der Waals surface area contributed by atoms with E-state index in [-0.39, 0.29) is 77.8 Å². The molecule has 9 heterocycles. The lowest BCUT2D eigenvalue weighted by Crippen LogP contribution is -2.43. The maximum atomic E-state index is 13.7. The molecule has 2 aliphatic rings. The van der Waals surface area contributed by atoms with Gasteiger partial charge in [-0.3, -0.25) is 28.8 Å². The van der Waals surface area contributed by atoms with Gasteiger partial charge >= 0.3 is 0 Å². The molecule has 7 N–H and O–H groups in total. The maximum Gasteiger partial charge on any atom is 0.256 e. The van der Waals surface area contributed by atoms with Crippen molar-refractivity contribution in [3.05, 3.63) is 213 Å². The zero-order chi connectivity index (χ0) is 75.7. The fourth-order valence-electron chi connectivity index (χ4n) is 14.9. The number of aromatic nitrogens is 7. The van der Waals surface area contributed by atoms with Crippen LogP contribution in [0.2, 0.25) is 0 Å². The highest BCUT2D eigenvalue weighted by atomic mass is 32.2. The Morgan fingerprint density at radius 1 is 0.638 bits per heavy atom. The Labute approximate surface area is 613 Å². The molecule has 0 bridgehead atoms. The average molecular weight is 1450 g/mol.